The Morgan fingerprint density at radius 2 is 1.64 bits per heavy atom. The Morgan fingerprint density at radius 3 is 2.24 bits per heavy atom. The highest BCUT2D eigenvalue weighted by atomic mass is 32.2. The van der Waals surface area contributed by atoms with Gasteiger partial charge in [0.05, 0.1) is 16.6 Å². The Balaban J connectivity index is 1.44. The lowest BCUT2D eigenvalue weighted by atomic mass is 9.78. The van der Waals surface area contributed by atoms with Gasteiger partial charge in [0.2, 0.25) is 0 Å². The maximum atomic E-state index is 12.8. The summed E-state index contributed by atoms with van der Waals surface area (Å²) in [6, 6.07) is 2.27. The van der Waals surface area contributed by atoms with Crippen LogP contribution >= 0.6 is 0 Å². The van der Waals surface area contributed by atoms with Gasteiger partial charge in [-0.1, -0.05) is 19.3 Å². The molecular formula is C18H29N3O3S. The zero-order valence-electron chi connectivity index (χ0n) is 14.8. The normalized spacial score (nSPS) is 28.8. The first-order valence-electron chi connectivity index (χ1n) is 9.65. The van der Waals surface area contributed by atoms with E-state index >= 15 is 0 Å². The average Bonchev–Trinajstić information content (AvgIpc) is 2.60. The molecule has 3 fully saturated rings. The fraction of sp³-hybridized carbons (Fsp3) is 0.889. The summed E-state index contributed by atoms with van der Waals surface area (Å²) in [6.45, 7) is 1.05. The van der Waals surface area contributed by atoms with Crippen LogP contribution in [0.5, 0.6) is 0 Å². The molecule has 0 spiro atoms. The fourth-order valence-corrected chi connectivity index (χ4v) is 6.87. The van der Waals surface area contributed by atoms with Gasteiger partial charge in [0.15, 0.2) is 9.84 Å². The molecule has 0 radical (unpaired) electrons. The number of sulfone groups is 1. The number of nitrogens with one attached hydrogen (secondary N) is 1. The standard InChI is InChI=1S/C18H29N3O3S/c19-9-6-14-12-15(13-14)20-18(22)21-10-7-17(8-11-21)25(23,24)16-4-2-1-3-5-16/h14-17H,1-8,10-13H2,(H,20,22). The van der Waals surface area contributed by atoms with E-state index < -0.39 is 9.84 Å². The molecular weight excluding hydrogens is 338 g/mol. The molecule has 2 aliphatic carbocycles. The maximum absolute atomic E-state index is 12.8. The molecule has 25 heavy (non-hydrogen) atoms. The average molecular weight is 368 g/mol. The van der Waals surface area contributed by atoms with Crippen LogP contribution in [0.1, 0.15) is 64.2 Å². The van der Waals surface area contributed by atoms with Crippen molar-refractivity contribution < 1.29 is 13.2 Å². The molecule has 0 atom stereocenters. The van der Waals surface area contributed by atoms with Crippen molar-refractivity contribution in [3.05, 3.63) is 0 Å². The van der Waals surface area contributed by atoms with Gasteiger partial charge in [-0.3, -0.25) is 0 Å². The van der Waals surface area contributed by atoms with E-state index in [1.807, 2.05) is 0 Å². The van der Waals surface area contributed by atoms with E-state index in [2.05, 4.69) is 11.4 Å². The molecule has 140 valence electrons. The van der Waals surface area contributed by atoms with Gasteiger partial charge in [-0.15, -0.1) is 0 Å². The molecule has 1 N–H and O–H groups in total. The summed E-state index contributed by atoms with van der Waals surface area (Å²) in [6.07, 6.45) is 8.29. The van der Waals surface area contributed by atoms with E-state index in [0.717, 1.165) is 44.9 Å². The third-order valence-electron chi connectivity index (χ3n) is 6.15. The van der Waals surface area contributed by atoms with Crippen molar-refractivity contribution in [1.82, 2.24) is 10.2 Å². The Kier molecular flexibility index (Phi) is 5.88. The number of rotatable bonds is 4. The first-order chi connectivity index (χ1) is 12.0. The van der Waals surface area contributed by atoms with Crippen molar-refractivity contribution in [2.75, 3.05) is 13.1 Å². The van der Waals surface area contributed by atoms with Gasteiger partial charge in [0.25, 0.3) is 0 Å². The molecule has 0 aromatic rings. The lowest BCUT2D eigenvalue weighted by molar-refractivity contribution is 0.163. The van der Waals surface area contributed by atoms with Crippen molar-refractivity contribution in [1.29, 1.82) is 5.26 Å². The van der Waals surface area contributed by atoms with Crippen LogP contribution < -0.4 is 5.32 Å². The van der Waals surface area contributed by atoms with Crippen molar-refractivity contribution in [3.63, 3.8) is 0 Å². The van der Waals surface area contributed by atoms with E-state index in [4.69, 9.17) is 5.26 Å². The van der Waals surface area contributed by atoms with Gasteiger partial charge < -0.3 is 10.2 Å². The monoisotopic (exact) mass is 367 g/mol. The second-order valence-corrected chi connectivity index (χ2v) is 10.4. The molecule has 3 aliphatic rings. The molecule has 0 aromatic heterocycles. The number of hydrogen-bond acceptors (Lipinski definition) is 4. The number of piperidine rings is 1. The van der Waals surface area contributed by atoms with Gasteiger partial charge in [-0.2, -0.15) is 5.26 Å². The van der Waals surface area contributed by atoms with Crippen molar-refractivity contribution in [3.8, 4) is 6.07 Å². The van der Waals surface area contributed by atoms with Crippen LogP contribution in [0, 0.1) is 17.2 Å². The van der Waals surface area contributed by atoms with Gasteiger partial charge in [-0.25, -0.2) is 13.2 Å². The second-order valence-electron chi connectivity index (χ2n) is 7.88. The van der Waals surface area contributed by atoms with Crippen molar-refractivity contribution >= 4 is 15.9 Å². The predicted octanol–water partition coefficient (Wildman–Crippen LogP) is 2.60. The van der Waals surface area contributed by atoms with Crippen LogP contribution in [0.25, 0.3) is 0 Å². The van der Waals surface area contributed by atoms with E-state index in [1.54, 1.807) is 4.90 Å². The minimum atomic E-state index is -3.05. The zero-order chi connectivity index (χ0) is 17.9. The predicted molar refractivity (Wildman–Crippen MR) is 95.7 cm³/mol. The molecule has 1 aliphatic heterocycles. The Labute approximate surface area is 150 Å². The highest BCUT2D eigenvalue weighted by Crippen LogP contribution is 2.31. The minimum Gasteiger partial charge on any atom is -0.335 e. The Morgan fingerprint density at radius 1 is 1.04 bits per heavy atom. The molecule has 3 rings (SSSR count). The summed E-state index contributed by atoms with van der Waals surface area (Å²) < 4.78 is 25.6. The molecule has 6 nitrogen and oxygen atoms in total. The highest BCUT2D eigenvalue weighted by molar-refractivity contribution is 7.92. The van der Waals surface area contributed by atoms with Crippen molar-refractivity contribution in [2.24, 2.45) is 5.92 Å². The highest BCUT2D eigenvalue weighted by Gasteiger charge is 2.38. The number of hydrogen-bond donors (Lipinski definition) is 1. The lowest BCUT2D eigenvalue weighted by Crippen LogP contribution is -2.53. The molecule has 0 aromatic carbocycles. The quantitative estimate of drug-likeness (QED) is 0.827. The first kappa shape index (κ1) is 18.5. The van der Waals surface area contributed by atoms with E-state index in [0.29, 0.717) is 38.3 Å². The number of amides is 2. The topological polar surface area (TPSA) is 90.3 Å². The van der Waals surface area contributed by atoms with E-state index in [9.17, 15) is 13.2 Å². The molecule has 2 amide bonds. The van der Waals surface area contributed by atoms with Gasteiger partial charge in [0, 0.05) is 25.6 Å². The van der Waals surface area contributed by atoms with Crippen LogP contribution in [0.15, 0.2) is 0 Å². The molecule has 7 heteroatoms. The summed E-state index contributed by atoms with van der Waals surface area (Å²) in [5.74, 6) is 0.418. The SMILES string of the molecule is N#CCC1CC(NC(=O)N2CCC(S(=O)(=O)C3CCCCC3)CC2)C1. The molecule has 0 unspecified atom stereocenters. The van der Waals surface area contributed by atoms with Crippen LogP contribution in [0.3, 0.4) is 0 Å². The molecule has 0 bridgehead atoms. The second kappa shape index (κ2) is 7.94. The Bertz CT molecular complexity index is 608. The lowest BCUT2D eigenvalue weighted by Gasteiger charge is -2.38. The third kappa shape index (κ3) is 4.28. The number of likely N-dealkylation sites (tertiary alicyclic amines) is 1. The summed E-state index contributed by atoms with van der Waals surface area (Å²) in [4.78, 5) is 14.1. The van der Waals surface area contributed by atoms with Crippen LogP contribution in [0.4, 0.5) is 4.79 Å². The molecule has 1 saturated heterocycles. The van der Waals surface area contributed by atoms with Crippen molar-refractivity contribution in [2.45, 2.75) is 80.7 Å². The fourth-order valence-electron chi connectivity index (χ4n) is 4.47. The largest absolute Gasteiger partial charge is 0.335 e. The number of nitriles is 1. The van der Waals surface area contributed by atoms with Crippen LogP contribution in [-0.2, 0) is 9.84 Å². The van der Waals surface area contributed by atoms with Gasteiger partial charge >= 0.3 is 6.03 Å². The smallest absolute Gasteiger partial charge is 0.317 e. The van der Waals surface area contributed by atoms with E-state index in [-0.39, 0.29) is 22.6 Å². The number of nitrogens with zero attached hydrogens (tertiary/aromatic N) is 2. The summed E-state index contributed by atoms with van der Waals surface area (Å²) in [7, 11) is -3.05. The van der Waals surface area contributed by atoms with Crippen LogP contribution in [0.2, 0.25) is 0 Å². The number of carbonyl (C=O) groups is 1. The van der Waals surface area contributed by atoms with E-state index in [1.165, 1.54) is 0 Å². The van der Waals surface area contributed by atoms with Gasteiger partial charge in [-0.05, 0) is 44.4 Å². The number of carbonyl (C=O) groups excluding carboxylic acids is 1. The summed E-state index contributed by atoms with van der Waals surface area (Å²) >= 11 is 0. The Hall–Kier alpha value is -1.29. The zero-order valence-corrected chi connectivity index (χ0v) is 15.6. The molecule has 2 saturated carbocycles. The third-order valence-corrected chi connectivity index (χ3v) is 8.96. The first-order valence-corrected chi connectivity index (χ1v) is 11.3. The number of urea groups is 1. The summed E-state index contributed by atoms with van der Waals surface area (Å²) in [5, 5.41) is 11.3. The minimum absolute atomic E-state index is 0.0751. The maximum Gasteiger partial charge on any atom is 0.317 e. The van der Waals surface area contributed by atoms with Gasteiger partial charge in [0.1, 0.15) is 0 Å². The van der Waals surface area contributed by atoms with Crippen LogP contribution in [-0.4, -0.2) is 49.0 Å². The summed E-state index contributed by atoms with van der Waals surface area (Å²) in [5.41, 5.74) is 0. The molecule has 1 heterocycles.